The van der Waals surface area contributed by atoms with E-state index in [1.807, 2.05) is 6.08 Å². The number of allylic oxidation sites excluding steroid dienone is 1. The van der Waals surface area contributed by atoms with Crippen LogP contribution in [-0.2, 0) is 33.4 Å². The Morgan fingerprint density at radius 3 is 2.53 bits per heavy atom. The van der Waals surface area contributed by atoms with Gasteiger partial charge in [0.05, 0.1) is 26.4 Å². The second-order valence-corrected chi connectivity index (χ2v) is 8.43. The van der Waals surface area contributed by atoms with Gasteiger partial charge < -0.3 is 24.0 Å². The molecule has 0 N–H and O–H groups in total. The van der Waals surface area contributed by atoms with Crippen molar-refractivity contribution < 1.29 is 33.4 Å². The predicted octanol–water partition coefficient (Wildman–Crippen LogP) is 1.65. The molecule has 0 aromatic carbocycles. The van der Waals surface area contributed by atoms with Gasteiger partial charge in [-0.2, -0.15) is 0 Å². The first-order chi connectivity index (χ1) is 15.4. The third-order valence-corrected chi connectivity index (χ3v) is 6.43. The van der Waals surface area contributed by atoms with E-state index >= 15 is 0 Å². The number of fused-ring (bicyclic) bond motifs is 1. The Bertz CT molecular complexity index is 759. The average Bonchev–Trinajstić information content (AvgIpc) is 2.81. The summed E-state index contributed by atoms with van der Waals surface area (Å²) < 4.78 is 15.8. The van der Waals surface area contributed by atoms with E-state index < -0.39 is 23.3 Å². The van der Waals surface area contributed by atoms with Crippen molar-refractivity contribution in [2.75, 3.05) is 46.1 Å². The maximum Gasteiger partial charge on any atom is 0.318 e. The van der Waals surface area contributed by atoms with E-state index in [4.69, 9.17) is 14.2 Å². The fourth-order valence-electron chi connectivity index (χ4n) is 4.88. The molecule has 9 heteroatoms. The van der Waals surface area contributed by atoms with Crippen LogP contribution in [0.4, 0.5) is 0 Å². The van der Waals surface area contributed by atoms with Crippen LogP contribution in [0.1, 0.15) is 52.4 Å². The molecule has 3 heterocycles. The highest BCUT2D eigenvalue weighted by Crippen LogP contribution is 2.49. The topological polar surface area (TPSA) is 102 Å². The molecule has 2 saturated heterocycles. The molecule has 3 aliphatic heterocycles. The molecule has 2 atom stereocenters. The number of esters is 2. The Morgan fingerprint density at radius 1 is 1.12 bits per heavy atom. The van der Waals surface area contributed by atoms with Crippen molar-refractivity contribution in [1.82, 2.24) is 9.80 Å². The molecule has 0 aliphatic carbocycles. The van der Waals surface area contributed by atoms with Crippen molar-refractivity contribution >= 4 is 23.8 Å². The molecule has 0 spiro atoms. The lowest BCUT2D eigenvalue weighted by Gasteiger charge is -2.48. The van der Waals surface area contributed by atoms with Crippen LogP contribution < -0.4 is 0 Å². The molecule has 2 fully saturated rings. The largest absolute Gasteiger partial charge is 0.466 e. The molecular weight excluding hydrogens is 416 g/mol. The number of hydrogen-bond donors (Lipinski definition) is 0. The second kappa shape index (κ2) is 10.9. The van der Waals surface area contributed by atoms with Gasteiger partial charge in [-0.25, -0.2) is 0 Å². The van der Waals surface area contributed by atoms with Gasteiger partial charge in [-0.3, -0.25) is 19.2 Å². The Morgan fingerprint density at radius 2 is 1.84 bits per heavy atom. The lowest BCUT2D eigenvalue weighted by atomic mass is 9.67. The highest BCUT2D eigenvalue weighted by atomic mass is 16.5. The number of ether oxygens (including phenoxy) is 3. The van der Waals surface area contributed by atoms with Crippen LogP contribution in [0.25, 0.3) is 0 Å². The summed E-state index contributed by atoms with van der Waals surface area (Å²) in [6.07, 6.45) is 3.86. The van der Waals surface area contributed by atoms with Crippen molar-refractivity contribution in [1.29, 1.82) is 0 Å². The van der Waals surface area contributed by atoms with E-state index in [1.54, 1.807) is 23.6 Å². The fraction of sp³-hybridized carbons (Fsp3) is 0.739. The van der Waals surface area contributed by atoms with Gasteiger partial charge in [0.2, 0.25) is 11.8 Å². The normalized spacial score (nSPS) is 25.6. The van der Waals surface area contributed by atoms with Gasteiger partial charge in [-0.15, -0.1) is 0 Å². The van der Waals surface area contributed by atoms with Gasteiger partial charge >= 0.3 is 11.9 Å². The predicted molar refractivity (Wildman–Crippen MR) is 114 cm³/mol. The number of carbonyl (C=O) groups excluding carboxylic acids is 4. The van der Waals surface area contributed by atoms with E-state index in [1.165, 1.54) is 0 Å². The number of morpholine rings is 1. The maximum absolute atomic E-state index is 13.3. The molecule has 2 amide bonds. The minimum Gasteiger partial charge on any atom is -0.466 e. The molecule has 32 heavy (non-hydrogen) atoms. The quantitative estimate of drug-likeness (QED) is 0.518. The molecule has 178 valence electrons. The Hall–Kier alpha value is -2.42. The number of hydrogen-bond acceptors (Lipinski definition) is 7. The third kappa shape index (κ3) is 5.14. The average molecular weight is 451 g/mol. The first kappa shape index (κ1) is 24.2. The van der Waals surface area contributed by atoms with Gasteiger partial charge in [0.1, 0.15) is 5.41 Å². The maximum atomic E-state index is 13.3. The summed E-state index contributed by atoms with van der Waals surface area (Å²) in [6, 6.07) is 0. The molecule has 0 bridgehead atoms. The number of rotatable bonds is 8. The van der Waals surface area contributed by atoms with Gasteiger partial charge in [0.15, 0.2) is 0 Å². The first-order valence-corrected chi connectivity index (χ1v) is 11.6. The number of piperidine rings is 1. The van der Waals surface area contributed by atoms with Crippen LogP contribution in [0.2, 0.25) is 0 Å². The van der Waals surface area contributed by atoms with Crippen molar-refractivity contribution in [2.24, 2.45) is 11.3 Å². The van der Waals surface area contributed by atoms with Crippen LogP contribution in [0.15, 0.2) is 11.8 Å². The lowest BCUT2D eigenvalue weighted by molar-refractivity contribution is -0.163. The summed E-state index contributed by atoms with van der Waals surface area (Å²) in [4.78, 5) is 55.1. The van der Waals surface area contributed by atoms with Crippen molar-refractivity contribution in [3.63, 3.8) is 0 Å². The van der Waals surface area contributed by atoms with Crippen molar-refractivity contribution in [3.8, 4) is 0 Å². The summed E-state index contributed by atoms with van der Waals surface area (Å²) in [5.74, 6) is -1.73. The zero-order chi connectivity index (χ0) is 23.1. The van der Waals surface area contributed by atoms with Crippen molar-refractivity contribution in [3.05, 3.63) is 11.8 Å². The van der Waals surface area contributed by atoms with Crippen LogP contribution in [-0.4, -0.2) is 79.6 Å². The third-order valence-electron chi connectivity index (χ3n) is 6.43. The van der Waals surface area contributed by atoms with Crippen molar-refractivity contribution in [2.45, 2.75) is 52.4 Å². The van der Waals surface area contributed by atoms with Gasteiger partial charge in [0.25, 0.3) is 0 Å². The summed E-state index contributed by atoms with van der Waals surface area (Å²) in [7, 11) is 0. The summed E-state index contributed by atoms with van der Waals surface area (Å²) in [6.45, 7) is 6.38. The summed E-state index contributed by atoms with van der Waals surface area (Å²) in [5.41, 5.74) is -0.529. The smallest absolute Gasteiger partial charge is 0.318 e. The summed E-state index contributed by atoms with van der Waals surface area (Å²) in [5, 5.41) is 0. The molecule has 3 aliphatic rings. The molecule has 0 aromatic heterocycles. The fourth-order valence-corrected chi connectivity index (χ4v) is 4.88. The Kier molecular flexibility index (Phi) is 8.28. The lowest BCUT2D eigenvalue weighted by Crippen LogP contribution is -2.55. The monoisotopic (exact) mass is 450 g/mol. The minimum absolute atomic E-state index is 0.0309. The van der Waals surface area contributed by atoms with E-state index in [0.717, 1.165) is 12.8 Å². The van der Waals surface area contributed by atoms with Crippen LogP contribution in [0.5, 0.6) is 0 Å². The Balaban J connectivity index is 1.89. The molecule has 0 radical (unpaired) electrons. The second-order valence-electron chi connectivity index (χ2n) is 8.43. The van der Waals surface area contributed by atoms with Crippen LogP contribution in [0.3, 0.4) is 0 Å². The number of amides is 2. The summed E-state index contributed by atoms with van der Waals surface area (Å²) >= 11 is 0. The number of carbonyl (C=O) groups is 4. The zero-order valence-corrected chi connectivity index (χ0v) is 19.1. The Labute approximate surface area is 189 Å². The standard InChI is InChI=1S/C23H34N2O7/c1-3-31-20(27)8-9-23(22(29)32-4-2)16-17(15-19(26)24-11-13-30-14-12-24)21(28)25-10-6-5-7-18(23)25/h7,17H,3-6,8-16H2,1-2H3/t17-,23-/m1/s1. The van der Waals surface area contributed by atoms with E-state index in [-0.39, 0.29) is 50.7 Å². The first-order valence-electron chi connectivity index (χ1n) is 11.6. The number of nitrogens with zero attached hydrogens (tertiary/aromatic N) is 2. The highest BCUT2D eigenvalue weighted by Gasteiger charge is 2.54. The van der Waals surface area contributed by atoms with Crippen LogP contribution in [0, 0.1) is 11.3 Å². The SMILES string of the molecule is CCOC(=O)CC[C@@]1(C(=O)OCC)C[C@@H](CC(=O)N2CCOCC2)C(=O)N2CCCC=C21. The van der Waals surface area contributed by atoms with Gasteiger partial charge in [-0.05, 0) is 39.5 Å². The molecule has 0 saturated carbocycles. The molecule has 0 unspecified atom stereocenters. The van der Waals surface area contributed by atoms with Gasteiger partial charge in [0, 0.05) is 44.1 Å². The highest BCUT2D eigenvalue weighted by molar-refractivity contribution is 5.92. The van der Waals surface area contributed by atoms with Crippen LogP contribution >= 0.6 is 0 Å². The van der Waals surface area contributed by atoms with E-state index in [2.05, 4.69) is 0 Å². The van der Waals surface area contributed by atoms with E-state index in [9.17, 15) is 19.2 Å². The zero-order valence-electron chi connectivity index (χ0n) is 19.1. The van der Waals surface area contributed by atoms with E-state index in [0.29, 0.717) is 38.5 Å². The molecule has 0 aromatic rings. The molecule has 9 nitrogen and oxygen atoms in total. The molecular formula is C23H34N2O7. The van der Waals surface area contributed by atoms with Gasteiger partial charge in [-0.1, -0.05) is 6.08 Å². The molecule has 3 rings (SSSR count). The minimum atomic E-state index is -1.15.